The van der Waals surface area contributed by atoms with Crippen LogP contribution in [0.2, 0.25) is 0 Å². The van der Waals surface area contributed by atoms with Gasteiger partial charge >= 0.3 is 0 Å². The summed E-state index contributed by atoms with van der Waals surface area (Å²) in [5.41, 5.74) is 3.26. The molecule has 0 heterocycles. The highest BCUT2D eigenvalue weighted by Gasteiger charge is 2.11. The second kappa shape index (κ2) is 5.54. The standard InChI is InChI=1S/C9H10Cl2N2O2S/c1-7-2-4-8(5-3-7)16(14,15)13-12-6-9(10)11/h2-6,12-13H,1H3. The molecule has 1 rings (SSSR count). The Bertz CT molecular complexity index is 479. The highest BCUT2D eigenvalue weighted by Crippen LogP contribution is 2.09. The van der Waals surface area contributed by atoms with Crippen molar-refractivity contribution >= 4 is 33.2 Å². The van der Waals surface area contributed by atoms with E-state index in [0.717, 1.165) is 11.8 Å². The number of aryl methyl sites for hydroxylation is 1. The number of hydrogen-bond donors (Lipinski definition) is 2. The fourth-order valence-electron chi connectivity index (χ4n) is 0.938. The van der Waals surface area contributed by atoms with E-state index >= 15 is 0 Å². The molecule has 0 radical (unpaired) electrons. The van der Waals surface area contributed by atoms with Crippen LogP contribution >= 0.6 is 23.2 Å². The van der Waals surface area contributed by atoms with Crippen molar-refractivity contribution in [3.63, 3.8) is 0 Å². The first kappa shape index (κ1) is 13.3. The monoisotopic (exact) mass is 280 g/mol. The average molecular weight is 281 g/mol. The van der Waals surface area contributed by atoms with Crippen LogP contribution < -0.4 is 10.3 Å². The fraction of sp³-hybridized carbons (Fsp3) is 0.111. The molecule has 0 amide bonds. The topological polar surface area (TPSA) is 58.2 Å². The van der Waals surface area contributed by atoms with Gasteiger partial charge in [0, 0.05) is 6.20 Å². The number of hydrazine groups is 1. The lowest BCUT2D eigenvalue weighted by Gasteiger charge is -2.06. The molecule has 0 saturated carbocycles. The van der Waals surface area contributed by atoms with E-state index in [4.69, 9.17) is 23.2 Å². The minimum Gasteiger partial charge on any atom is -0.313 e. The minimum atomic E-state index is -3.60. The normalized spacial score (nSPS) is 10.9. The smallest absolute Gasteiger partial charge is 0.257 e. The van der Waals surface area contributed by atoms with Gasteiger partial charge in [-0.2, -0.15) is 0 Å². The molecule has 0 saturated heterocycles. The third-order valence-electron chi connectivity index (χ3n) is 1.71. The van der Waals surface area contributed by atoms with Crippen LogP contribution in [0.25, 0.3) is 0 Å². The Hall–Kier alpha value is -0.750. The zero-order chi connectivity index (χ0) is 12.2. The molecule has 88 valence electrons. The second-order valence-electron chi connectivity index (χ2n) is 3.00. The Balaban J connectivity index is 2.78. The number of halogens is 2. The van der Waals surface area contributed by atoms with Crippen LogP contribution in [0.5, 0.6) is 0 Å². The fourth-order valence-corrected chi connectivity index (χ4v) is 1.87. The van der Waals surface area contributed by atoms with Gasteiger partial charge in [-0.1, -0.05) is 40.9 Å². The van der Waals surface area contributed by atoms with Crippen molar-refractivity contribution in [2.45, 2.75) is 11.8 Å². The summed E-state index contributed by atoms with van der Waals surface area (Å²) in [6.07, 6.45) is 1.12. The average Bonchev–Trinajstić information content (AvgIpc) is 2.17. The first-order chi connectivity index (χ1) is 7.42. The third-order valence-corrected chi connectivity index (χ3v) is 3.20. The predicted octanol–water partition coefficient (Wildman–Crippen LogP) is 2.05. The Morgan fingerprint density at radius 3 is 2.31 bits per heavy atom. The summed E-state index contributed by atoms with van der Waals surface area (Å²) in [6, 6.07) is 6.43. The van der Waals surface area contributed by atoms with Crippen molar-refractivity contribution in [1.82, 2.24) is 10.3 Å². The predicted molar refractivity (Wildman–Crippen MR) is 64.4 cm³/mol. The Morgan fingerprint density at radius 1 is 1.25 bits per heavy atom. The molecule has 0 fully saturated rings. The van der Waals surface area contributed by atoms with E-state index in [9.17, 15) is 8.42 Å². The highest BCUT2D eigenvalue weighted by atomic mass is 35.5. The molecule has 0 bridgehead atoms. The van der Waals surface area contributed by atoms with Crippen molar-refractivity contribution in [2.75, 3.05) is 0 Å². The van der Waals surface area contributed by atoms with Gasteiger partial charge in [0.2, 0.25) is 0 Å². The minimum absolute atomic E-state index is 0.0772. The molecule has 4 nitrogen and oxygen atoms in total. The lowest BCUT2D eigenvalue weighted by molar-refractivity contribution is 0.574. The van der Waals surface area contributed by atoms with Gasteiger partial charge in [0.15, 0.2) is 0 Å². The molecule has 0 atom stereocenters. The molecule has 7 heteroatoms. The molecule has 0 unspecified atom stereocenters. The van der Waals surface area contributed by atoms with Crippen LogP contribution in [0.3, 0.4) is 0 Å². The van der Waals surface area contributed by atoms with Crippen LogP contribution in [0.4, 0.5) is 0 Å². The van der Waals surface area contributed by atoms with Crippen molar-refractivity contribution in [3.05, 3.63) is 40.5 Å². The van der Waals surface area contributed by atoms with E-state index in [1.165, 1.54) is 12.1 Å². The molecular weight excluding hydrogens is 271 g/mol. The Labute approximate surface area is 104 Å². The van der Waals surface area contributed by atoms with E-state index in [-0.39, 0.29) is 9.39 Å². The Morgan fingerprint density at radius 2 is 1.81 bits per heavy atom. The van der Waals surface area contributed by atoms with Crippen LogP contribution in [0.15, 0.2) is 39.9 Å². The molecule has 16 heavy (non-hydrogen) atoms. The lowest BCUT2D eigenvalue weighted by Crippen LogP contribution is -2.33. The van der Waals surface area contributed by atoms with Gasteiger partial charge in [0.1, 0.15) is 4.49 Å². The number of hydrogen-bond acceptors (Lipinski definition) is 3. The molecule has 0 aliphatic carbocycles. The maximum atomic E-state index is 11.6. The van der Waals surface area contributed by atoms with Crippen molar-refractivity contribution in [1.29, 1.82) is 0 Å². The highest BCUT2D eigenvalue weighted by molar-refractivity contribution is 7.89. The van der Waals surface area contributed by atoms with Crippen molar-refractivity contribution in [3.8, 4) is 0 Å². The first-order valence-corrected chi connectivity index (χ1v) is 6.51. The van der Waals surface area contributed by atoms with E-state index in [0.29, 0.717) is 0 Å². The van der Waals surface area contributed by atoms with E-state index in [1.54, 1.807) is 12.1 Å². The van der Waals surface area contributed by atoms with Crippen LogP contribution in [0, 0.1) is 6.92 Å². The Kier molecular flexibility index (Phi) is 4.61. The van der Waals surface area contributed by atoms with Crippen LogP contribution in [-0.2, 0) is 10.0 Å². The number of sulfonamides is 1. The lowest BCUT2D eigenvalue weighted by atomic mass is 10.2. The molecule has 1 aromatic rings. The molecular formula is C9H10Cl2N2O2S. The van der Waals surface area contributed by atoms with E-state index in [1.807, 2.05) is 6.92 Å². The maximum absolute atomic E-state index is 11.6. The van der Waals surface area contributed by atoms with Gasteiger partial charge in [0.25, 0.3) is 10.0 Å². The molecule has 0 spiro atoms. The van der Waals surface area contributed by atoms with Gasteiger partial charge in [0.05, 0.1) is 4.90 Å². The molecule has 2 N–H and O–H groups in total. The number of benzene rings is 1. The van der Waals surface area contributed by atoms with Crippen LogP contribution in [-0.4, -0.2) is 8.42 Å². The SMILES string of the molecule is Cc1ccc(S(=O)(=O)NNC=C(Cl)Cl)cc1. The van der Waals surface area contributed by atoms with Crippen molar-refractivity contribution < 1.29 is 8.42 Å². The zero-order valence-corrected chi connectivity index (χ0v) is 10.7. The maximum Gasteiger partial charge on any atom is 0.257 e. The molecule has 1 aromatic carbocycles. The summed E-state index contributed by atoms with van der Waals surface area (Å²) in [7, 11) is -3.60. The van der Waals surface area contributed by atoms with Crippen molar-refractivity contribution in [2.24, 2.45) is 0 Å². The summed E-state index contributed by atoms with van der Waals surface area (Å²) in [5.74, 6) is 0. The zero-order valence-electron chi connectivity index (χ0n) is 8.37. The first-order valence-electron chi connectivity index (χ1n) is 4.27. The summed E-state index contributed by atoms with van der Waals surface area (Å²) < 4.78 is 23.2. The van der Waals surface area contributed by atoms with E-state index < -0.39 is 10.0 Å². The van der Waals surface area contributed by atoms with Gasteiger partial charge in [-0.15, -0.1) is 4.83 Å². The number of rotatable bonds is 4. The van der Waals surface area contributed by atoms with Gasteiger partial charge in [-0.05, 0) is 19.1 Å². The number of nitrogens with one attached hydrogen (secondary N) is 2. The van der Waals surface area contributed by atoms with Crippen LogP contribution in [0.1, 0.15) is 5.56 Å². The van der Waals surface area contributed by atoms with E-state index in [2.05, 4.69) is 10.3 Å². The van der Waals surface area contributed by atoms with Gasteiger partial charge in [-0.25, -0.2) is 8.42 Å². The molecule has 0 aliphatic heterocycles. The molecule has 0 aromatic heterocycles. The summed E-state index contributed by atoms with van der Waals surface area (Å²) >= 11 is 10.6. The van der Waals surface area contributed by atoms with Gasteiger partial charge < -0.3 is 5.43 Å². The summed E-state index contributed by atoms with van der Waals surface area (Å²) in [5, 5.41) is 0. The largest absolute Gasteiger partial charge is 0.313 e. The van der Waals surface area contributed by atoms with Gasteiger partial charge in [-0.3, -0.25) is 0 Å². The second-order valence-corrected chi connectivity index (χ2v) is 5.69. The summed E-state index contributed by atoms with van der Waals surface area (Å²) in [4.78, 5) is 2.26. The summed E-state index contributed by atoms with van der Waals surface area (Å²) in [6.45, 7) is 1.87. The molecule has 0 aliphatic rings. The third kappa shape index (κ3) is 4.02. The quantitative estimate of drug-likeness (QED) is 0.830.